The Labute approximate surface area is 73.8 Å². The van der Waals surface area contributed by atoms with Gasteiger partial charge in [0.25, 0.3) is 0 Å². The third-order valence-corrected chi connectivity index (χ3v) is 1.73. The van der Waals surface area contributed by atoms with Gasteiger partial charge in [-0.1, -0.05) is 19.9 Å². The van der Waals surface area contributed by atoms with Gasteiger partial charge in [-0.25, -0.2) is 0 Å². The van der Waals surface area contributed by atoms with E-state index >= 15 is 0 Å². The average Bonchev–Trinajstić information content (AvgIpc) is 2.03. The van der Waals surface area contributed by atoms with Crippen molar-refractivity contribution < 1.29 is 0 Å². The Morgan fingerprint density at radius 3 is 2.58 bits per heavy atom. The van der Waals surface area contributed by atoms with Crippen molar-refractivity contribution in [3.8, 4) is 0 Å². The Hall–Kier alpha value is -0.890. The molecule has 2 N–H and O–H groups in total. The van der Waals surface area contributed by atoms with Crippen LogP contribution in [0.3, 0.4) is 0 Å². The predicted molar refractivity (Wildman–Crippen MR) is 50.7 cm³/mol. The first kappa shape index (κ1) is 9.20. The normalized spacial score (nSPS) is 10.7. The Balaban J connectivity index is 2.72. The maximum absolute atomic E-state index is 5.51. The first-order chi connectivity index (χ1) is 5.72. The topological polar surface area (TPSA) is 38.9 Å². The van der Waals surface area contributed by atoms with Gasteiger partial charge < -0.3 is 5.73 Å². The van der Waals surface area contributed by atoms with E-state index in [4.69, 9.17) is 5.73 Å². The molecule has 1 rings (SSSR count). The average molecular weight is 164 g/mol. The van der Waals surface area contributed by atoms with Crippen molar-refractivity contribution >= 4 is 0 Å². The lowest BCUT2D eigenvalue weighted by Crippen LogP contribution is -2.00. The number of hydrogen-bond donors (Lipinski definition) is 1. The van der Waals surface area contributed by atoms with Crippen LogP contribution in [0.2, 0.25) is 0 Å². The summed E-state index contributed by atoms with van der Waals surface area (Å²) in [4.78, 5) is 4.13. The number of aromatic nitrogens is 1. The van der Waals surface area contributed by atoms with E-state index in [0.717, 1.165) is 12.0 Å². The number of pyridine rings is 1. The monoisotopic (exact) mass is 164 g/mol. The molecular formula is C10H16N2. The molecule has 0 aliphatic heterocycles. The van der Waals surface area contributed by atoms with E-state index in [2.05, 4.69) is 24.9 Å². The minimum Gasteiger partial charge on any atom is -0.326 e. The van der Waals surface area contributed by atoms with Crippen LogP contribution in [0.15, 0.2) is 18.5 Å². The molecule has 0 bridgehead atoms. The molecule has 0 unspecified atom stereocenters. The lowest BCUT2D eigenvalue weighted by Gasteiger charge is -2.05. The molecule has 0 atom stereocenters. The standard InChI is InChI=1S/C10H16N2/c1-8(2)3-9-4-10(5-11)7-12-6-9/h4,6-8H,3,5,11H2,1-2H3. The molecule has 0 aliphatic rings. The lowest BCUT2D eigenvalue weighted by molar-refractivity contribution is 0.645. The Morgan fingerprint density at radius 1 is 1.33 bits per heavy atom. The van der Waals surface area contributed by atoms with Crippen molar-refractivity contribution in [2.24, 2.45) is 11.7 Å². The van der Waals surface area contributed by atoms with Crippen LogP contribution in [0.25, 0.3) is 0 Å². The zero-order chi connectivity index (χ0) is 8.97. The van der Waals surface area contributed by atoms with Crippen molar-refractivity contribution in [2.75, 3.05) is 0 Å². The third kappa shape index (κ3) is 2.62. The van der Waals surface area contributed by atoms with Gasteiger partial charge in [-0.3, -0.25) is 4.98 Å². The molecule has 1 aromatic rings. The van der Waals surface area contributed by atoms with Crippen LogP contribution in [0.5, 0.6) is 0 Å². The second kappa shape index (κ2) is 4.21. The largest absolute Gasteiger partial charge is 0.326 e. The number of nitrogens with zero attached hydrogens (tertiary/aromatic N) is 1. The molecule has 0 radical (unpaired) electrons. The molecule has 2 nitrogen and oxygen atoms in total. The quantitative estimate of drug-likeness (QED) is 0.739. The zero-order valence-electron chi connectivity index (χ0n) is 7.75. The number of hydrogen-bond acceptors (Lipinski definition) is 2. The van der Waals surface area contributed by atoms with Crippen LogP contribution in [-0.4, -0.2) is 4.98 Å². The van der Waals surface area contributed by atoms with E-state index in [1.165, 1.54) is 5.56 Å². The highest BCUT2D eigenvalue weighted by atomic mass is 14.6. The molecule has 0 spiro atoms. The summed E-state index contributed by atoms with van der Waals surface area (Å²) < 4.78 is 0. The molecule has 1 aromatic heterocycles. The summed E-state index contributed by atoms with van der Waals surface area (Å²) >= 11 is 0. The molecule has 0 fully saturated rings. The van der Waals surface area contributed by atoms with Gasteiger partial charge in [0.1, 0.15) is 0 Å². The van der Waals surface area contributed by atoms with Crippen LogP contribution >= 0.6 is 0 Å². The van der Waals surface area contributed by atoms with Crippen LogP contribution < -0.4 is 5.73 Å². The molecule has 0 aliphatic carbocycles. The maximum atomic E-state index is 5.51. The highest BCUT2D eigenvalue weighted by molar-refractivity contribution is 5.18. The number of rotatable bonds is 3. The SMILES string of the molecule is CC(C)Cc1cncc(CN)c1. The van der Waals surface area contributed by atoms with Crippen molar-refractivity contribution in [1.29, 1.82) is 0 Å². The summed E-state index contributed by atoms with van der Waals surface area (Å²) in [6.07, 6.45) is 4.82. The lowest BCUT2D eigenvalue weighted by atomic mass is 10.0. The van der Waals surface area contributed by atoms with E-state index in [1.807, 2.05) is 12.4 Å². The van der Waals surface area contributed by atoms with Gasteiger partial charge in [0.2, 0.25) is 0 Å². The molecule has 12 heavy (non-hydrogen) atoms. The minimum absolute atomic E-state index is 0.582. The van der Waals surface area contributed by atoms with Gasteiger partial charge in [-0.05, 0) is 23.5 Å². The molecule has 0 amide bonds. The van der Waals surface area contributed by atoms with Gasteiger partial charge in [0, 0.05) is 18.9 Å². The summed E-state index contributed by atoms with van der Waals surface area (Å²) in [5.41, 5.74) is 7.91. The first-order valence-electron chi connectivity index (χ1n) is 4.35. The van der Waals surface area contributed by atoms with Crippen LogP contribution in [-0.2, 0) is 13.0 Å². The molecular weight excluding hydrogens is 148 g/mol. The molecule has 0 saturated heterocycles. The highest BCUT2D eigenvalue weighted by Gasteiger charge is 1.98. The first-order valence-corrected chi connectivity index (χ1v) is 4.35. The maximum Gasteiger partial charge on any atom is 0.0312 e. The van der Waals surface area contributed by atoms with Crippen molar-refractivity contribution in [1.82, 2.24) is 4.98 Å². The zero-order valence-corrected chi connectivity index (χ0v) is 7.75. The van der Waals surface area contributed by atoms with Crippen molar-refractivity contribution in [3.63, 3.8) is 0 Å². The second-order valence-electron chi connectivity index (χ2n) is 3.50. The van der Waals surface area contributed by atoms with Gasteiger partial charge >= 0.3 is 0 Å². The van der Waals surface area contributed by atoms with Crippen molar-refractivity contribution in [2.45, 2.75) is 26.8 Å². The van der Waals surface area contributed by atoms with E-state index in [-0.39, 0.29) is 0 Å². The van der Waals surface area contributed by atoms with Crippen LogP contribution in [0, 0.1) is 5.92 Å². The summed E-state index contributed by atoms with van der Waals surface area (Å²) in [5, 5.41) is 0. The Bertz CT molecular complexity index is 243. The van der Waals surface area contributed by atoms with E-state index < -0.39 is 0 Å². The Morgan fingerprint density at radius 2 is 2.00 bits per heavy atom. The Kier molecular flexibility index (Phi) is 3.23. The molecule has 0 saturated carbocycles. The fourth-order valence-electron chi connectivity index (χ4n) is 1.24. The van der Waals surface area contributed by atoms with Crippen LogP contribution in [0.1, 0.15) is 25.0 Å². The highest BCUT2D eigenvalue weighted by Crippen LogP contribution is 2.08. The van der Waals surface area contributed by atoms with E-state index in [9.17, 15) is 0 Å². The molecule has 2 heteroatoms. The van der Waals surface area contributed by atoms with Crippen LogP contribution in [0.4, 0.5) is 0 Å². The molecule has 0 aromatic carbocycles. The van der Waals surface area contributed by atoms with E-state index in [0.29, 0.717) is 12.5 Å². The smallest absolute Gasteiger partial charge is 0.0312 e. The molecule has 1 heterocycles. The molecule has 66 valence electrons. The van der Waals surface area contributed by atoms with Gasteiger partial charge in [0.15, 0.2) is 0 Å². The van der Waals surface area contributed by atoms with Gasteiger partial charge in [-0.15, -0.1) is 0 Å². The summed E-state index contributed by atoms with van der Waals surface area (Å²) in [6.45, 7) is 4.99. The summed E-state index contributed by atoms with van der Waals surface area (Å²) in [5.74, 6) is 0.680. The summed E-state index contributed by atoms with van der Waals surface area (Å²) in [6, 6.07) is 2.13. The fourth-order valence-corrected chi connectivity index (χ4v) is 1.24. The van der Waals surface area contributed by atoms with E-state index in [1.54, 1.807) is 0 Å². The number of nitrogens with two attached hydrogens (primary N) is 1. The van der Waals surface area contributed by atoms with Gasteiger partial charge in [0.05, 0.1) is 0 Å². The fraction of sp³-hybridized carbons (Fsp3) is 0.500. The second-order valence-corrected chi connectivity index (χ2v) is 3.50. The third-order valence-electron chi connectivity index (χ3n) is 1.73. The predicted octanol–water partition coefficient (Wildman–Crippen LogP) is 1.74. The minimum atomic E-state index is 0.582. The van der Waals surface area contributed by atoms with Crippen molar-refractivity contribution in [3.05, 3.63) is 29.6 Å². The summed E-state index contributed by atoms with van der Waals surface area (Å²) in [7, 11) is 0. The van der Waals surface area contributed by atoms with Gasteiger partial charge in [-0.2, -0.15) is 0 Å².